The summed E-state index contributed by atoms with van der Waals surface area (Å²) in [5, 5.41) is 13.2. The first-order chi connectivity index (χ1) is 20.2. The van der Waals surface area contributed by atoms with E-state index >= 15 is 0 Å². The SMILES string of the molecule is CC(C)(C)c1ccc2c(c1)c1c3cc(C(C)(C)C)cc(Br)c3c3ccc(C(C)(C)C)cc3c1c1cc(C(C)(C)C)cc(Br)c21. The molecule has 0 atom stereocenters. The Balaban J connectivity index is 2.06. The van der Waals surface area contributed by atoms with Crippen molar-refractivity contribution < 1.29 is 0 Å². The molecule has 0 saturated carbocycles. The molecule has 44 heavy (non-hydrogen) atoms. The molecule has 0 fully saturated rings. The lowest BCUT2D eigenvalue weighted by molar-refractivity contribution is 0.590. The van der Waals surface area contributed by atoms with E-state index in [0.29, 0.717) is 0 Å². The Bertz CT molecular complexity index is 1990. The minimum Gasteiger partial charge on any atom is -0.0578 e. The maximum atomic E-state index is 4.11. The van der Waals surface area contributed by atoms with Crippen LogP contribution in [-0.4, -0.2) is 0 Å². The van der Waals surface area contributed by atoms with Gasteiger partial charge in [0.25, 0.3) is 0 Å². The van der Waals surface area contributed by atoms with Gasteiger partial charge in [0, 0.05) is 19.7 Å². The van der Waals surface area contributed by atoms with Crippen molar-refractivity contribution in [1.82, 2.24) is 0 Å². The molecule has 0 amide bonds. The summed E-state index contributed by atoms with van der Waals surface area (Å²) in [6.07, 6.45) is 0. The summed E-state index contributed by atoms with van der Waals surface area (Å²) in [6, 6.07) is 24.1. The Kier molecular flexibility index (Phi) is 7.20. The van der Waals surface area contributed by atoms with Crippen LogP contribution in [0.3, 0.4) is 0 Å². The summed E-state index contributed by atoms with van der Waals surface area (Å²) in [4.78, 5) is 0. The minimum absolute atomic E-state index is 0.0136. The third-order valence-corrected chi connectivity index (χ3v) is 10.8. The zero-order valence-corrected chi connectivity index (χ0v) is 31.7. The minimum atomic E-state index is 0.0136. The van der Waals surface area contributed by atoms with Crippen molar-refractivity contribution in [2.24, 2.45) is 0 Å². The quantitative estimate of drug-likeness (QED) is 0.138. The van der Waals surface area contributed by atoms with E-state index in [9.17, 15) is 0 Å². The highest BCUT2D eigenvalue weighted by Gasteiger charge is 2.26. The molecule has 0 aliphatic carbocycles. The summed E-state index contributed by atoms with van der Waals surface area (Å²) < 4.78 is 2.33. The van der Waals surface area contributed by atoms with Gasteiger partial charge in [0.1, 0.15) is 0 Å². The highest BCUT2D eigenvalue weighted by atomic mass is 79.9. The van der Waals surface area contributed by atoms with E-state index in [0.717, 1.165) is 0 Å². The maximum absolute atomic E-state index is 4.11. The molecule has 0 saturated heterocycles. The lowest BCUT2D eigenvalue weighted by atomic mass is 9.78. The Morgan fingerprint density at radius 1 is 0.318 bits per heavy atom. The monoisotopic (exact) mass is 708 g/mol. The molecular formula is C42H46Br2. The Labute approximate surface area is 280 Å². The molecule has 0 aliphatic rings. The largest absolute Gasteiger partial charge is 0.0578 e. The van der Waals surface area contributed by atoms with Crippen LogP contribution < -0.4 is 0 Å². The molecule has 0 N–H and O–H groups in total. The van der Waals surface area contributed by atoms with Crippen LogP contribution in [0.1, 0.15) is 105 Å². The Hall–Kier alpha value is -2.42. The molecule has 2 heteroatoms. The molecule has 0 heterocycles. The highest BCUT2D eigenvalue weighted by molar-refractivity contribution is 9.11. The van der Waals surface area contributed by atoms with Crippen LogP contribution in [0.4, 0.5) is 0 Å². The molecule has 6 rings (SSSR count). The number of fused-ring (bicyclic) bond motifs is 11. The average molecular weight is 711 g/mol. The lowest BCUT2D eigenvalue weighted by Gasteiger charge is -2.26. The normalized spacial score (nSPS) is 13.7. The smallest absolute Gasteiger partial charge is 0.0263 e. The predicted octanol–water partition coefficient (Wildman–Crippen LogP) is 14.2. The van der Waals surface area contributed by atoms with Gasteiger partial charge in [-0.3, -0.25) is 0 Å². The zero-order valence-electron chi connectivity index (χ0n) is 28.5. The number of benzene rings is 6. The second kappa shape index (κ2) is 10.0. The van der Waals surface area contributed by atoms with Gasteiger partial charge in [-0.25, -0.2) is 0 Å². The molecule has 0 bridgehead atoms. The van der Waals surface area contributed by atoms with Gasteiger partial charge >= 0.3 is 0 Å². The fourth-order valence-electron chi connectivity index (χ4n) is 6.72. The van der Waals surface area contributed by atoms with Gasteiger partial charge in [-0.1, -0.05) is 139 Å². The van der Waals surface area contributed by atoms with E-state index in [4.69, 9.17) is 0 Å². The predicted molar refractivity (Wildman–Crippen MR) is 204 cm³/mol. The van der Waals surface area contributed by atoms with E-state index in [-0.39, 0.29) is 21.7 Å². The van der Waals surface area contributed by atoms with Crippen LogP contribution >= 0.6 is 31.9 Å². The molecule has 0 aromatic heterocycles. The van der Waals surface area contributed by atoms with E-state index < -0.39 is 0 Å². The molecule has 6 aromatic carbocycles. The van der Waals surface area contributed by atoms with Crippen molar-refractivity contribution in [2.75, 3.05) is 0 Å². The third-order valence-electron chi connectivity index (χ3n) is 9.55. The van der Waals surface area contributed by atoms with Crippen LogP contribution in [0.2, 0.25) is 0 Å². The summed E-state index contributed by atoms with van der Waals surface area (Å²) in [5.74, 6) is 0. The summed E-state index contributed by atoms with van der Waals surface area (Å²) in [5.41, 5.74) is 5.49. The molecule has 228 valence electrons. The maximum Gasteiger partial charge on any atom is 0.0263 e. The average Bonchev–Trinajstić information content (AvgIpc) is 2.89. The number of rotatable bonds is 0. The molecule has 6 aromatic rings. The molecular weight excluding hydrogens is 664 g/mol. The van der Waals surface area contributed by atoms with E-state index in [1.54, 1.807) is 0 Å². The molecule has 0 aliphatic heterocycles. The van der Waals surface area contributed by atoms with E-state index in [1.165, 1.54) is 85.1 Å². The van der Waals surface area contributed by atoms with Crippen LogP contribution in [0.5, 0.6) is 0 Å². The molecule has 0 radical (unpaired) electrons. The Morgan fingerprint density at radius 2 is 0.614 bits per heavy atom. The van der Waals surface area contributed by atoms with Crippen molar-refractivity contribution in [2.45, 2.75) is 105 Å². The lowest BCUT2D eigenvalue weighted by Crippen LogP contribution is -2.12. The van der Waals surface area contributed by atoms with Crippen molar-refractivity contribution in [3.63, 3.8) is 0 Å². The van der Waals surface area contributed by atoms with Gasteiger partial charge in [0.05, 0.1) is 0 Å². The zero-order chi connectivity index (χ0) is 32.3. The van der Waals surface area contributed by atoms with Crippen LogP contribution in [-0.2, 0) is 21.7 Å². The van der Waals surface area contributed by atoms with E-state index in [1.807, 2.05) is 0 Å². The van der Waals surface area contributed by atoms with Crippen molar-refractivity contribution >= 4 is 85.7 Å². The van der Waals surface area contributed by atoms with Crippen molar-refractivity contribution in [3.05, 3.63) is 91.9 Å². The van der Waals surface area contributed by atoms with Gasteiger partial charge in [-0.05, 0) is 123 Å². The van der Waals surface area contributed by atoms with Gasteiger partial charge < -0.3 is 0 Å². The standard InChI is InChI=1S/C42H46Br2/c1-39(2,3)23-13-15-27-29(17-23)37-31-19-25(41(7,8)9)22-34(44)36(31)28-16-14-24(40(4,5)6)18-30(28)38(37)32-20-26(42(10,11)12)21-33(43)35(27)32/h13-22H,1-12H3. The van der Waals surface area contributed by atoms with Crippen LogP contribution in [0.25, 0.3) is 53.9 Å². The highest BCUT2D eigenvalue weighted by Crippen LogP contribution is 2.50. The van der Waals surface area contributed by atoms with Crippen molar-refractivity contribution in [1.29, 1.82) is 0 Å². The second-order valence-electron chi connectivity index (χ2n) is 17.0. The third kappa shape index (κ3) is 5.09. The van der Waals surface area contributed by atoms with Gasteiger partial charge in [0.15, 0.2) is 0 Å². The summed E-state index contributed by atoms with van der Waals surface area (Å²) in [6.45, 7) is 27.8. The fraction of sp³-hybridized carbons (Fsp3) is 0.381. The number of hydrogen-bond acceptors (Lipinski definition) is 0. The molecule has 0 nitrogen and oxygen atoms in total. The fourth-order valence-corrected chi connectivity index (χ4v) is 8.07. The molecule has 0 unspecified atom stereocenters. The van der Waals surface area contributed by atoms with Gasteiger partial charge in [0.2, 0.25) is 0 Å². The van der Waals surface area contributed by atoms with Gasteiger partial charge in [-0.2, -0.15) is 0 Å². The van der Waals surface area contributed by atoms with Gasteiger partial charge in [-0.15, -0.1) is 0 Å². The van der Waals surface area contributed by atoms with Crippen molar-refractivity contribution in [3.8, 4) is 0 Å². The first-order valence-electron chi connectivity index (χ1n) is 15.9. The van der Waals surface area contributed by atoms with Crippen LogP contribution in [0, 0.1) is 0 Å². The second-order valence-corrected chi connectivity index (χ2v) is 18.7. The molecule has 0 spiro atoms. The first-order valence-corrected chi connectivity index (χ1v) is 17.5. The Morgan fingerprint density at radius 3 is 0.909 bits per heavy atom. The van der Waals surface area contributed by atoms with E-state index in [2.05, 4.69) is 176 Å². The first kappa shape index (κ1) is 31.6. The van der Waals surface area contributed by atoms with Crippen LogP contribution in [0.15, 0.2) is 69.6 Å². The number of hydrogen-bond donors (Lipinski definition) is 0. The topological polar surface area (TPSA) is 0 Å². The summed E-state index contributed by atoms with van der Waals surface area (Å²) >= 11 is 8.21. The number of halogens is 2. The summed E-state index contributed by atoms with van der Waals surface area (Å²) in [7, 11) is 0.